The van der Waals surface area contributed by atoms with Crippen LogP contribution in [0.25, 0.3) is 0 Å². The van der Waals surface area contributed by atoms with Gasteiger partial charge in [-0.15, -0.1) is 6.58 Å². The molecular formula is C42H46FNO4. The Morgan fingerprint density at radius 3 is 2.04 bits per heavy atom. The molecule has 3 aliphatic rings. The van der Waals surface area contributed by atoms with E-state index in [0.29, 0.717) is 42.9 Å². The lowest BCUT2D eigenvalue weighted by Crippen LogP contribution is -2.45. The van der Waals surface area contributed by atoms with Crippen molar-refractivity contribution in [3.63, 3.8) is 0 Å². The summed E-state index contributed by atoms with van der Waals surface area (Å²) in [6.07, 6.45) is 5.37. The lowest BCUT2D eigenvalue weighted by molar-refractivity contribution is -0.119. The largest absolute Gasteiger partial charge is 0.493 e. The van der Waals surface area contributed by atoms with E-state index in [4.69, 9.17) is 9.47 Å². The van der Waals surface area contributed by atoms with Crippen molar-refractivity contribution < 1.29 is 23.5 Å². The van der Waals surface area contributed by atoms with Gasteiger partial charge in [0, 0.05) is 59.0 Å². The van der Waals surface area contributed by atoms with E-state index in [2.05, 4.69) is 63.4 Å². The summed E-state index contributed by atoms with van der Waals surface area (Å²) in [6, 6.07) is 20.9. The van der Waals surface area contributed by atoms with Crippen LogP contribution in [-0.2, 0) is 29.0 Å². The molecule has 6 heteroatoms. The predicted octanol–water partition coefficient (Wildman–Crippen LogP) is 9.07. The van der Waals surface area contributed by atoms with Crippen LogP contribution in [0.5, 0.6) is 11.5 Å². The normalized spacial score (nSPS) is 18.8. The Labute approximate surface area is 284 Å². The maximum atomic E-state index is 14.5. The van der Waals surface area contributed by atoms with Gasteiger partial charge in [0.1, 0.15) is 12.4 Å². The molecule has 250 valence electrons. The number of ketones is 2. The number of carbonyl (C=O) groups is 2. The van der Waals surface area contributed by atoms with Crippen molar-refractivity contribution in [2.75, 3.05) is 13.7 Å². The van der Waals surface area contributed by atoms with Crippen LogP contribution in [-0.4, -0.2) is 30.1 Å². The number of nitrogens with zero attached hydrogens (tertiary/aromatic N) is 1. The number of rotatable bonds is 10. The van der Waals surface area contributed by atoms with E-state index in [0.717, 1.165) is 52.9 Å². The Morgan fingerprint density at radius 2 is 1.46 bits per heavy atom. The van der Waals surface area contributed by atoms with Gasteiger partial charge in [-0.25, -0.2) is 4.39 Å². The second-order valence-electron chi connectivity index (χ2n) is 15.0. The van der Waals surface area contributed by atoms with E-state index in [9.17, 15) is 14.0 Å². The number of hydrogen-bond donors (Lipinski definition) is 0. The lowest BCUT2D eigenvalue weighted by atomic mass is 9.63. The first-order valence-corrected chi connectivity index (χ1v) is 16.9. The van der Waals surface area contributed by atoms with Gasteiger partial charge in [0.15, 0.2) is 23.1 Å². The smallest absolute Gasteiger partial charge is 0.165 e. The van der Waals surface area contributed by atoms with E-state index >= 15 is 0 Å². The molecule has 5 nitrogen and oxygen atoms in total. The van der Waals surface area contributed by atoms with Gasteiger partial charge in [-0.3, -0.25) is 9.59 Å². The van der Waals surface area contributed by atoms with Gasteiger partial charge in [0.2, 0.25) is 0 Å². The molecule has 0 spiro atoms. The maximum Gasteiger partial charge on any atom is 0.165 e. The van der Waals surface area contributed by atoms with E-state index in [1.165, 1.54) is 11.6 Å². The predicted molar refractivity (Wildman–Crippen MR) is 187 cm³/mol. The molecule has 3 aromatic carbocycles. The SMILES string of the molecule is C=CCc1cc(C2C3=C(CC(C)(C)CC3=O)N(CCc3ccccc3)C3=C2C(=O)CC(C)(C)C3)cc(OC)c1OCc1ccccc1F. The van der Waals surface area contributed by atoms with Crippen molar-refractivity contribution in [1.29, 1.82) is 0 Å². The van der Waals surface area contributed by atoms with Gasteiger partial charge in [-0.1, -0.05) is 88.4 Å². The number of hydrogen-bond acceptors (Lipinski definition) is 5. The van der Waals surface area contributed by atoms with Crippen LogP contribution in [0.15, 0.2) is 102 Å². The van der Waals surface area contributed by atoms with Crippen LogP contribution in [0.4, 0.5) is 4.39 Å². The lowest BCUT2D eigenvalue weighted by Gasteiger charge is -2.49. The number of halogens is 1. The average Bonchev–Trinajstić information content (AvgIpc) is 3.02. The molecule has 0 atom stereocenters. The van der Waals surface area contributed by atoms with Gasteiger partial charge in [0.25, 0.3) is 0 Å². The zero-order chi connectivity index (χ0) is 34.2. The highest BCUT2D eigenvalue weighted by molar-refractivity contribution is 6.07. The van der Waals surface area contributed by atoms with Gasteiger partial charge in [-0.05, 0) is 59.8 Å². The summed E-state index contributed by atoms with van der Waals surface area (Å²) in [5.41, 5.74) is 6.37. The molecule has 2 aliphatic carbocycles. The number of methoxy groups -OCH3 is 1. The van der Waals surface area contributed by atoms with Gasteiger partial charge < -0.3 is 14.4 Å². The van der Waals surface area contributed by atoms with E-state index in [-0.39, 0.29) is 34.8 Å². The molecule has 0 fully saturated rings. The summed E-state index contributed by atoms with van der Waals surface area (Å²) in [4.78, 5) is 31.0. The number of benzene rings is 3. The number of Topliss-reactive ketones (excluding diaryl/α,β-unsaturated/α-hetero) is 2. The fourth-order valence-electron chi connectivity index (χ4n) is 7.77. The highest BCUT2D eigenvalue weighted by Gasteiger charge is 2.49. The fraction of sp³-hybridized carbons (Fsp3) is 0.381. The molecule has 0 saturated carbocycles. The zero-order valence-corrected chi connectivity index (χ0v) is 28.8. The van der Waals surface area contributed by atoms with Gasteiger partial charge in [-0.2, -0.15) is 0 Å². The molecule has 0 aromatic heterocycles. The van der Waals surface area contributed by atoms with Crippen LogP contribution in [0.1, 0.15) is 81.5 Å². The monoisotopic (exact) mass is 647 g/mol. The molecule has 0 N–H and O–H groups in total. The molecule has 3 aromatic rings. The van der Waals surface area contributed by atoms with Crippen molar-refractivity contribution in [3.05, 3.63) is 130 Å². The van der Waals surface area contributed by atoms with Crippen LogP contribution in [0.3, 0.4) is 0 Å². The quantitative estimate of drug-likeness (QED) is 0.206. The van der Waals surface area contributed by atoms with Crippen LogP contribution < -0.4 is 9.47 Å². The van der Waals surface area contributed by atoms with Crippen molar-refractivity contribution in [2.45, 2.75) is 78.7 Å². The Bertz CT molecular complexity index is 1760. The first-order chi connectivity index (χ1) is 22.9. The summed E-state index contributed by atoms with van der Waals surface area (Å²) >= 11 is 0. The second-order valence-corrected chi connectivity index (χ2v) is 15.0. The van der Waals surface area contributed by atoms with Gasteiger partial charge >= 0.3 is 0 Å². The van der Waals surface area contributed by atoms with Crippen molar-refractivity contribution in [1.82, 2.24) is 4.90 Å². The van der Waals surface area contributed by atoms with E-state index in [1.807, 2.05) is 18.2 Å². The second kappa shape index (κ2) is 13.2. The number of ether oxygens (including phenoxy) is 2. The molecule has 48 heavy (non-hydrogen) atoms. The van der Waals surface area contributed by atoms with E-state index in [1.54, 1.807) is 31.4 Å². The minimum Gasteiger partial charge on any atom is -0.493 e. The molecule has 0 radical (unpaired) electrons. The topological polar surface area (TPSA) is 55.8 Å². The molecule has 0 bridgehead atoms. The molecule has 1 heterocycles. The zero-order valence-electron chi connectivity index (χ0n) is 28.8. The third-order valence-corrected chi connectivity index (χ3v) is 9.89. The van der Waals surface area contributed by atoms with Crippen LogP contribution >= 0.6 is 0 Å². The minimum absolute atomic E-state index is 0.0259. The Hall–Kier alpha value is -4.45. The third kappa shape index (κ3) is 6.63. The molecule has 6 rings (SSSR count). The van der Waals surface area contributed by atoms with Crippen LogP contribution in [0, 0.1) is 16.6 Å². The molecule has 0 amide bonds. The molecular weight excluding hydrogens is 601 g/mol. The summed E-state index contributed by atoms with van der Waals surface area (Å²) in [7, 11) is 1.58. The maximum absolute atomic E-state index is 14.5. The minimum atomic E-state index is -0.520. The molecule has 1 aliphatic heterocycles. The van der Waals surface area contributed by atoms with Crippen LogP contribution in [0.2, 0.25) is 0 Å². The molecule has 0 saturated heterocycles. The summed E-state index contributed by atoms with van der Waals surface area (Å²) < 4.78 is 26.7. The Kier molecular flexibility index (Phi) is 9.21. The Morgan fingerprint density at radius 1 is 0.854 bits per heavy atom. The third-order valence-electron chi connectivity index (χ3n) is 9.89. The highest BCUT2D eigenvalue weighted by Crippen LogP contribution is 2.55. The fourth-order valence-corrected chi connectivity index (χ4v) is 7.77. The number of carbonyl (C=O) groups excluding carboxylic acids is 2. The summed E-state index contributed by atoms with van der Waals surface area (Å²) in [6.45, 7) is 13.3. The first-order valence-electron chi connectivity index (χ1n) is 16.9. The summed E-state index contributed by atoms with van der Waals surface area (Å²) in [5, 5.41) is 0. The Balaban J connectivity index is 1.51. The average molecular weight is 648 g/mol. The van der Waals surface area contributed by atoms with E-state index < -0.39 is 5.92 Å². The number of allylic oxidation sites excluding steroid dienone is 5. The molecule has 0 unspecified atom stereocenters. The van der Waals surface area contributed by atoms with Crippen molar-refractivity contribution >= 4 is 11.6 Å². The van der Waals surface area contributed by atoms with Gasteiger partial charge in [0.05, 0.1) is 7.11 Å². The standard InChI is InChI=1S/C42H46FNO4/c1-7-13-28-20-30(21-36(47-6)40(28)48-26-29-16-11-12-17-31(29)43)37-38-32(22-41(2,3)24-34(38)45)44(19-18-27-14-9-8-10-15-27)33-23-42(4,5)25-35(46)39(33)37/h7-12,14-17,20-21,37H,1,13,18-19,22-26H2,2-6H3. The highest BCUT2D eigenvalue weighted by atomic mass is 19.1. The summed E-state index contributed by atoms with van der Waals surface area (Å²) in [5.74, 6) is 0.291. The first kappa shape index (κ1) is 33.5. The van der Waals surface area contributed by atoms with Crippen molar-refractivity contribution in [2.24, 2.45) is 10.8 Å². The van der Waals surface area contributed by atoms with Crippen molar-refractivity contribution in [3.8, 4) is 11.5 Å².